The Labute approximate surface area is 104 Å². The first-order chi connectivity index (χ1) is 7.50. The molecule has 0 saturated heterocycles. The van der Waals surface area contributed by atoms with Crippen molar-refractivity contribution in [1.82, 2.24) is 10.6 Å². The van der Waals surface area contributed by atoms with Crippen LogP contribution in [0.1, 0.15) is 6.92 Å². The molecule has 0 aromatic rings. The van der Waals surface area contributed by atoms with Gasteiger partial charge < -0.3 is 16.4 Å². The van der Waals surface area contributed by atoms with Gasteiger partial charge >= 0.3 is 0 Å². The van der Waals surface area contributed by atoms with Gasteiger partial charge in [-0.15, -0.1) is 0 Å². The molecule has 0 aromatic heterocycles. The average Bonchev–Trinajstić information content (AvgIpc) is 2.64. The molecule has 0 aromatic carbocycles. The number of nitrogens with two attached hydrogens (primary N) is 1. The summed E-state index contributed by atoms with van der Waals surface area (Å²) in [6.07, 6.45) is 0. The maximum atomic E-state index is 5.94. The Hall–Kier alpha value is -1.20. The van der Waals surface area contributed by atoms with Crippen LogP contribution in [0.3, 0.4) is 0 Å². The summed E-state index contributed by atoms with van der Waals surface area (Å²) < 4.78 is 0. The molecule has 88 valence electrons. The summed E-state index contributed by atoms with van der Waals surface area (Å²) in [6.45, 7) is 6.71. The highest BCUT2D eigenvalue weighted by Crippen LogP contribution is 2.18. The number of guanidine groups is 1. The van der Waals surface area contributed by atoms with Crippen LogP contribution in [-0.4, -0.2) is 24.9 Å². The molecule has 0 aliphatic carbocycles. The number of nitrogens with one attached hydrogen (secondary N) is 2. The van der Waals surface area contributed by atoms with Crippen molar-refractivity contribution in [2.75, 3.05) is 13.1 Å². The van der Waals surface area contributed by atoms with Crippen LogP contribution in [0.5, 0.6) is 0 Å². The average molecular weight is 262 g/mol. The highest BCUT2D eigenvalue weighted by molar-refractivity contribution is 6.35. The Kier molecular flexibility index (Phi) is 4.64. The lowest BCUT2D eigenvalue weighted by Gasteiger charge is -2.10. The van der Waals surface area contributed by atoms with Crippen molar-refractivity contribution in [2.45, 2.75) is 6.92 Å². The van der Waals surface area contributed by atoms with E-state index < -0.39 is 0 Å². The summed E-state index contributed by atoms with van der Waals surface area (Å²) in [5, 5.41) is 6.32. The van der Waals surface area contributed by atoms with Gasteiger partial charge in [-0.1, -0.05) is 29.8 Å². The van der Waals surface area contributed by atoms with Crippen LogP contribution in [0.15, 0.2) is 32.4 Å². The van der Waals surface area contributed by atoms with Gasteiger partial charge in [0.2, 0.25) is 0 Å². The largest absolute Gasteiger partial charge is 0.387 e. The van der Waals surface area contributed by atoms with Crippen LogP contribution in [0.2, 0.25) is 0 Å². The quantitative estimate of drug-likeness (QED) is 0.308. The molecule has 0 fully saturated rings. The number of rotatable bonds is 3. The summed E-state index contributed by atoms with van der Waals surface area (Å²) >= 11 is 11.7. The number of halogens is 2. The van der Waals surface area contributed by atoms with Gasteiger partial charge in [-0.3, -0.25) is 4.99 Å². The molecular formula is C9H13Cl2N5. The fourth-order valence-corrected chi connectivity index (χ4v) is 1.52. The second kappa shape index (κ2) is 5.77. The van der Waals surface area contributed by atoms with Crippen LogP contribution in [0, 0.1) is 0 Å². The van der Waals surface area contributed by atoms with Gasteiger partial charge in [0.25, 0.3) is 0 Å². The fourth-order valence-electron chi connectivity index (χ4n) is 1.04. The summed E-state index contributed by atoms with van der Waals surface area (Å²) in [4.78, 5) is 8.03. The van der Waals surface area contributed by atoms with Gasteiger partial charge in [0, 0.05) is 6.54 Å². The molecule has 0 unspecified atom stereocenters. The van der Waals surface area contributed by atoms with E-state index in [1.807, 2.05) is 0 Å². The molecule has 0 spiro atoms. The van der Waals surface area contributed by atoms with E-state index in [0.717, 1.165) is 6.54 Å². The molecule has 7 heteroatoms. The number of hydrogen-bond donors (Lipinski definition) is 3. The minimum Gasteiger partial charge on any atom is -0.387 e. The van der Waals surface area contributed by atoms with Crippen LogP contribution in [-0.2, 0) is 0 Å². The van der Waals surface area contributed by atoms with E-state index in [1.165, 1.54) is 0 Å². The Morgan fingerprint density at radius 3 is 2.75 bits per heavy atom. The van der Waals surface area contributed by atoms with E-state index >= 15 is 0 Å². The van der Waals surface area contributed by atoms with E-state index in [1.54, 1.807) is 6.92 Å². The Bertz CT molecular complexity index is 379. The predicted octanol–water partition coefficient (Wildman–Crippen LogP) is 1.07. The number of nitrogens with zero attached hydrogens (tertiary/aromatic N) is 2. The molecule has 0 amide bonds. The Balaban J connectivity index is 2.90. The molecule has 0 atom stereocenters. The SMILES string of the molecule is C=C(Cl)/C(NC1=NCCN1)=C(Cl)\N=C(\C)N. The van der Waals surface area contributed by atoms with Crippen molar-refractivity contribution in [1.29, 1.82) is 0 Å². The Morgan fingerprint density at radius 2 is 2.31 bits per heavy atom. The Morgan fingerprint density at radius 1 is 1.62 bits per heavy atom. The zero-order chi connectivity index (χ0) is 12.1. The normalized spacial score (nSPS) is 17.4. The van der Waals surface area contributed by atoms with E-state index in [2.05, 4.69) is 27.2 Å². The van der Waals surface area contributed by atoms with Gasteiger partial charge in [-0.25, -0.2) is 4.99 Å². The molecule has 1 aliphatic heterocycles. The molecular weight excluding hydrogens is 249 g/mol. The maximum Gasteiger partial charge on any atom is 0.196 e. The third-order valence-electron chi connectivity index (χ3n) is 1.67. The third-order valence-corrected chi connectivity index (χ3v) is 2.13. The molecule has 0 radical (unpaired) electrons. The summed E-state index contributed by atoms with van der Waals surface area (Å²) in [6, 6.07) is 0. The van der Waals surface area contributed by atoms with Crippen LogP contribution < -0.4 is 16.4 Å². The zero-order valence-electron chi connectivity index (χ0n) is 8.85. The van der Waals surface area contributed by atoms with E-state index in [-0.39, 0.29) is 10.2 Å². The van der Waals surface area contributed by atoms with Gasteiger partial charge in [0.15, 0.2) is 11.1 Å². The van der Waals surface area contributed by atoms with E-state index in [9.17, 15) is 0 Å². The maximum absolute atomic E-state index is 5.94. The first-order valence-electron chi connectivity index (χ1n) is 4.61. The number of aliphatic imine (C=N–C) groups is 2. The lowest BCUT2D eigenvalue weighted by atomic mass is 10.4. The highest BCUT2D eigenvalue weighted by atomic mass is 35.5. The predicted molar refractivity (Wildman–Crippen MR) is 68.6 cm³/mol. The van der Waals surface area contributed by atoms with Crippen molar-refractivity contribution in [3.8, 4) is 0 Å². The minimum atomic E-state index is 0.149. The molecule has 1 aliphatic rings. The lowest BCUT2D eigenvalue weighted by Crippen LogP contribution is -2.33. The van der Waals surface area contributed by atoms with Gasteiger partial charge in [0.1, 0.15) is 0 Å². The summed E-state index contributed by atoms with van der Waals surface area (Å²) in [5.41, 5.74) is 5.81. The van der Waals surface area contributed by atoms with Gasteiger partial charge in [-0.05, 0) is 6.92 Å². The van der Waals surface area contributed by atoms with E-state index in [4.69, 9.17) is 28.9 Å². The van der Waals surface area contributed by atoms with Crippen molar-refractivity contribution < 1.29 is 0 Å². The number of allylic oxidation sites excluding steroid dienone is 1. The first kappa shape index (κ1) is 12.9. The lowest BCUT2D eigenvalue weighted by molar-refractivity contribution is 0.941. The molecule has 0 bridgehead atoms. The van der Waals surface area contributed by atoms with Crippen molar-refractivity contribution in [2.24, 2.45) is 15.7 Å². The fraction of sp³-hybridized carbons (Fsp3) is 0.333. The van der Waals surface area contributed by atoms with Gasteiger partial charge in [-0.2, -0.15) is 0 Å². The highest BCUT2D eigenvalue weighted by Gasteiger charge is 2.12. The third kappa shape index (κ3) is 3.75. The van der Waals surface area contributed by atoms with Crippen LogP contribution >= 0.6 is 23.2 Å². The number of amidine groups is 1. The second-order valence-electron chi connectivity index (χ2n) is 3.11. The van der Waals surface area contributed by atoms with Gasteiger partial charge in [0.05, 0.1) is 23.1 Å². The molecule has 1 rings (SSSR count). The summed E-state index contributed by atoms with van der Waals surface area (Å²) in [5.74, 6) is 0.934. The smallest absolute Gasteiger partial charge is 0.196 e. The van der Waals surface area contributed by atoms with Crippen molar-refractivity contribution in [3.63, 3.8) is 0 Å². The van der Waals surface area contributed by atoms with Crippen molar-refractivity contribution in [3.05, 3.63) is 22.5 Å². The number of hydrogen-bond acceptors (Lipinski definition) is 4. The van der Waals surface area contributed by atoms with E-state index in [0.29, 0.717) is 24.0 Å². The molecule has 16 heavy (non-hydrogen) atoms. The summed E-state index contributed by atoms with van der Waals surface area (Å²) in [7, 11) is 0. The minimum absolute atomic E-state index is 0.149. The monoisotopic (exact) mass is 261 g/mol. The topological polar surface area (TPSA) is 74.8 Å². The molecule has 0 saturated carbocycles. The van der Waals surface area contributed by atoms with Crippen LogP contribution in [0.4, 0.5) is 0 Å². The van der Waals surface area contributed by atoms with Crippen LogP contribution in [0.25, 0.3) is 0 Å². The molecule has 5 nitrogen and oxygen atoms in total. The first-order valence-corrected chi connectivity index (χ1v) is 5.37. The molecule has 4 N–H and O–H groups in total. The second-order valence-corrected chi connectivity index (χ2v) is 3.92. The van der Waals surface area contributed by atoms with Crippen molar-refractivity contribution >= 4 is 35.0 Å². The molecule has 1 heterocycles. The standard InChI is InChI=1S/C9H13Cl2N5/c1-5(10)7(8(11)15-6(2)12)16-9-13-3-4-14-9/h1,3-4H2,2H3,(H2,12,15)(H2,13,14,16)/b8-7+. The zero-order valence-corrected chi connectivity index (χ0v) is 10.4.